The van der Waals surface area contributed by atoms with Gasteiger partial charge in [0.1, 0.15) is 0 Å². The Morgan fingerprint density at radius 2 is 2.04 bits per heavy atom. The molecule has 1 aromatic carbocycles. The lowest BCUT2D eigenvalue weighted by Crippen LogP contribution is -2.13. The third-order valence-corrected chi connectivity index (χ3v) is 3.76. The molecule has 1 amide bonds. The molecule has 0 aliphatic heterocycles. The highest BCUT2D eigenvalue weighted by molar-refractivity contribution is 6.05. The first-order valence-electron chi connectivity index (χ1n) is 7.62. The predicted molar refractivity (Wildman–Crippen MR) is 90.8 cm³/mol. The third-order valence-electron chi connectivity index (χ3n) is 3.76. The van der Waals surface area contributed by atoms with E-state index in [4.69, 9.17) is 4.74 Å². The van der Waals surface area contributed by atoms with Crippen LogP contribution in [0.1, 0.15) is 16.1 Å². The highest BCUT2D eigenvalue weighted by atomic mass is 19.3. The van der Waals surface area contributed by atoms with Gasteiger partial charge in [0.05, 0.1) is 24.7 Å². The second-order valence-electron chi connectivity index (χ2n) is 5.50. The van der Waals surface area contributed by atoms with Gasteiger partial charge in [0.25, 0.3) is 5.91 Å². The molecule has 0 saturated heterocycles. The van der Waals surface area contributed by atoms with Gasteiger partial charge in [-0.15, -0.1) is 0 Å². The van der Waals surface area contributed by atoms with Crippen molar-refractivity contribution in [1.29, 1.82) is 0 Å². The molecule has 0 aliphatic carbocycles. The molecular formula is C17H16F2N4O3. The summed E-state index contributed by atoms with van der Waals surface area (Å²) in [5, 5.41) is 7.81. The van der Waals surface area contributed by atoms with Crippen LogP contribution >= 0.6 is 0 Å². The van der Waals surface area contributed by atoms with E-state index in [-0.39, 0.29) is 17.1 Å². The van der Waals surface area contributed by atoms with Gasteiger partial charge in [-0.25, -0.2) is 4.98 Å². The van der Waals surface area contributed by atoms with E-state index in [1.54, 1.807) is 17.8 Å². The number of halogens is 2. The maximum atomic E-state index is 12.4. The number of aromatic nitrogens is 3. The molecule has 3 aromatic rings. The SMILES string of the molecule is COc1cc(C(=O)Nc2cnc3c(c2)c(C)nn3C)ccc1OC(F)F. The Balaban J connectivity index is 1.84. The standard InChI is InChI=1S/C17H16F2N4O3/c1-9-12-7-11(8-20-15(12)23(2)22-9)21-16(24)10-4-5-13(26-17(18)19)14(6-10)25-3/h4-8,17H,1-3H3,(H,21,24). The minimum absolute atomic E-state index is 0.0367. The molecule has 26 heavy (non-hydrogen) atoms. The first-order chi connectivity index (χ1) is 12.4. The van der Waals surface area contributed by atoms with Gasteiger partial charge in [0.15, 0.2) is 17.1 Å². The normalized spacial score (nSPS) is 11.0. The first-order valence-corrected chi connectivity index (χ1v) is 7.62. The zero-order valence-corrected chi connectivity index (χ0v) is 14.3. The number of aryl methyl sites for hydroxylation is 2. The van der Waals surface area contributed by atoms with E-state index >= 15 is 0 Å². The van der Waals surface area contributed by atoms with Gasteiger partial charge in [-0.3, -0.25) is 9.48 Å². The number of anilines is 1. The molecule has 3 rings (SSSR count). The number of hydrogen-bond donors (Lipinski definition) is 1. The van der Waals surface area contributed by atoms with Gasteiger partial charge in [0.2, 0.25) is 0 Å². The minimum Gasteiger partial charge on any atom is -0.493 e. The van der Waals surface area contributed by atoms with Crippen LogP contribution in [0.2, 0.25) is 0 Å². The topological polar surface area (TPSA) is 78.3 Å². The molecular weight excluding hydrogens is 346 g/mol. The number of benzene rings is 1. The Hall–Kier alpha value is -3.23. The summed E-state index contributed by atoms with van der Waals surface area (Å²) < 4.78 is 35.8. The quantitative estimate of drug-likeness (QED) is 0.754. The van der Waals surface area contributed by atoms with E-state index in [1.165, 1.54) is 31.5 Å². The molecule has 0 fully saturated rings. The van der Waals surface area contributed by atoms with Crippen LogP contribution < -0.4 is 14.8 Å². The number of carbonyl (C=O) groups is 1. The summed E-state index contributed by atoms with van der Waals surface area (Å²) in [5.74, 6) is -0.544. The third kappa shape index (κ3) is 3.41. The van der Waals surface area contributed by atoms with Crippen LogP contribution in [0.25, 0.3) is 11.0 Å². The average molecular weight is 362 g/mol. The number of nitrogens with zero attached hydrogens (tertiary/aromatic N) is 3. The fourth-order valence-corrected chi connectivity index (χ4v) is 2.58. The number of carbonyl (C=O) groups excluding carboxylic acids is 1. The molecule has 0 atom stereocenters. The summed E-state index contributed by atoms with van der Waals surface area (Å²) in [7, 11) is 3.09. The van der Waals surface area contributed by atoms with E-state index in [1.807, 2.05) is 6.92 Å². The molecule has 0 unspecified atom stereocenters. The molecule has 0 radical (unpaired) electrons. The summed E-state index contributed by atoms with van der Waals surface area (Å²) >= 11 is 0. The fourth-order valence-electron chi connectivity index (χ4n) is 2.58. The van der Waals surface area contributed by atoms with Crippen molar-refractivity contribution in [1.82, 2.24) is 14.8 Å². The molecule has 0 saturated carbocycles. The van der Waals surface area contributed by atoms with E-state index in [2.05, 4.69) is 20.1 Å². The second-order valence-corrected chi connectivity index (χ2v) is 5.50. The summed E-state index contributed by atoms with van der Waals surface area (Å²) in [5.41, 5.74) is 2.22. The van der Waals surface area contributed by atoms with Crippen LogP contribution in [0.15, 0.2) is 30.5 Å². The second kappa shape index (κ2) is 6.95. The van der Waals surface area contributed by atoms with Crippen molar-refractivity contribution in [2.45, 2.75) is 13.5 Å². The fraction of sp³-hybridized carbons (Fsp3) is 0.235. The van der Waals surface area contributed by atoms with Gasteiger partial charge in [0, 0.05) is 18.0 Å². The summed E-state index contributed by atoms with van der Waals surface area (Å²) in [6.07, 6.45) is 1.52. The number of hydrogen-bond acceptors (Lipinski definition) is 5. The number of methoxy groups -OCH3 is 1. The van der Waals surface area contributed by atoms with Crippen molar-refractivity contribution < 1.29 is 23.0 Å². The van der Waals surface area contributed by atoms with Crippen LogP contribution in [0, 0.1) is 6.92 Å². The van der Waals surface area contributed by atoms with Crippen molar-refractivity contribution in [3.63, 3.8) is 0 Å². The lowest BCUT2D eigenvalue weighted by atomic mass is 10.2. The summed E-state index contributed by atoms with van der Waals surface area (Å²) in [4.78, 5) is 16.7. The Morgan fingerprint density at radius 1 is 1.27 bits per heavy atom. The van der Waals surface area contributed by atoms with Crippen molar-refractivity contribution in [2.75, 3.05) is 12.4 Å². The Bertz CT molecular complexity index is 972. The number of pyridine rings is 1. The number of alkyl halides is 2. The number of rotatable bonds is 5. The highest BCUT2D eigenvalue weighted by Gasteiger charge is 2.15. The van der Waals surface area contributed by atoms with Crippen LogP contribution in [-0.4, -0.2) is 34.4 Å². The van der Waals surface area contributed by atoms with Crippen LogP contribution in [0.4, 0.5) is 14.5 Å². The van der Waals surface area contributed by atoms with Gasteiger partial charge in [-0.05, 0) is 31.2 Å². The maximum absolute atomic E-state index is 12.4. The number of ether oxygens (including phenoxy) is 2. The molecule has 0 spiro atoms. The Kier molecular flexibility index (Phi) is 4.70. The summed E-state index contributed by atoms with van der Waals surface area (Å²) in [6, 6.07) is 5.73. The minimum atomic E-state index is -2.98. The summed E-state index contributed by atoms with van der Waals surface area (Å²) in [6.45, 7) is -1.13. The highest BCUT2D eigenvalue weighted by Crippen LogP contribution is 2.30. The largest absolute Gasteiger partial charge is 0.493 e. The van der Waals surface area contributed by atoms with E-state index in [0.717, 1.165) is 11.1 Å². The van der Waals surface area contributed by atoms with Crippen molar-refractivity contribution in [3.8, 4) is 11.5 Å². The average Bonchev–Trinajstić information content (AvgIpc) is 2.88. The molecule has 136 valence electrons. The van der Waals surface area contributed by atoms with Crippen molar-refractivity contribution in [2.24, 2.45) is 7.05 Å². The molecule has 0 aliphatic rings. The van der Waals surface area contributed by atoms with Crippen LogP contribution in [0.3, 0.4) is 0 Å². The van der Waals surface area contributed by atoms with Crippen LogP contribution in [0.5, 0.6) is 11.5 Å². The van der Waals surface area contributed by atoms with Gasteiger partial charge in [-0.2, -0.15) is 13.9 Å². The zero-order valence-electron chi connectivity index (χ0n) is 14.3. The van der Waals surface area contributed by atoms with E-state index in [9.17, 15) is 13.6 Å². The predicted octanol–water partition coefficient (Wildman–Crippen LogP) is 3.14. The lowest BCUT2D eigenvalue weighted by Gasteiger charge is -2.11. The van der Waals surface area contributed by atoms with E-state index in [0.29, 0.717) is 11.3 Å². The van der Waals surface area contributed by atoms with Crippen molar-refractivity contribution in [3.05, 3.63) is 41.7 Å². The van der Waals surface area contributed by atoms with Gasteiger partial charge in [-0.1, -0.05) is 0 Å². The molecule has 0 bridgehead atoms. The smallest absolute Gasteiger partial charge is 0.387 e. The number of nitrogens with one attached hydrogen (secondary N) is 1. The molecule has 2 aromatic heterocycles. The lowest BCUT2D eigenvalue weighted by molar-refractivity contribution is -0.0512. The number of amides is 1. The van der Waals surface area contributed by atoms with Crippen molar-refractivity contribution >= 4 is 22.6 Å². The van der Waals surface area contributed by atoms with Gasteiger partial charge < -0.3 is 14.8 Å². The number of fused-ring (bicyclic) bond motifs is 1. The first kappa shape index (κ1) is 17.6. The Labute approximate surface area is 147 Å². The van der Waals surface area contributed by atoms with Crippen LogP contribution in [-0.2, 0) is 7.05 Å². The van der Waals surface area contributed by atoms with E-state index < -0.39 is 12.5 Å². The molecule has 7 nitrogen and oxygen atoms in total. The van der Waals surface area contributed by atoms with Gasteiger partial charge >= 0.3 is 6.61 Å². The zero-order chi connectivity index (χ0) is 18.8. The monoisotopic (exact) mass is 362 g/mol. The molecule has 9 heteroatoms. The molecule has 2 heterocycles. The Morgan fingerprint density at radius 3 is 2.73 bits per heavy atom. The molecule has 1 N–H and O–H groups in total. The maximum Gasteiger partial charge on any atom is 0.387 e.